The van der Waals surface area contributed by atoms with Crippen molar-refractivity contribution in [3.63, 3.8) is 0 Å². The molecule has 0 fully saturated rings. The highest BCUT2D eigenvalue weighted by atomic mass is 32.2. The first-order valence-corrected chi connectivity index (χ1v) is 9.10. The molecular formula is C16H18FN3O5S. The number of furan rings is 1. The van der Waals surface area contributed by atoms with Gasteiger partial charge in [-0.2, -0.15) is 0 Å². The van der Waals surface area contributed by atoms with Crippen molar-refractivity contribution in [1.82, 2.24) is 15.4 Å². The Morgan fingerprint density at radius 2 is 1.92 bits per heavy atom. The van der Waals surface area contributed by atoms with Crippen LogP contribution in [0.2, 0.25) is 0 Å². The van der Waals surface area contributed by atoms with Crippen LogP contribution in [0.25, 0.3) is 0 Å². The van der Waals surface area contributed by atoms with Gasteiger partial charge in [0.05, 0.1) is 11.4 Å². The van der Waals surface area contributed by atoms with Crippen LogP contribution in [0.4, 0.5) is 4.39 Å². The van der Waals surface area contributed by atoms with Crippen LogP contribution in [-0.2, 0) is 16.6 Å². The molecule has 10 heteroatoms. The zero-order valence-electron chi connectivity index (χ0n) is 13.9. The summed E-state index contributed by atoms with van der Waals surface area (Å²) >= 11 is 0. The number of amides is 2. The highest BCUT2D eigenvalue weighted by molar-refractivity contribution is 7.89. The van der Waals surface area contributed by atoms with Crippen molar-refractivity contribution in [2.24, 2.45) is 0 Å². The first-order chi connectivity index (χ1) is 12.4. The van der Waals surface area contributed by atoms with E-state index in [1.807, 2.05) is 0 Å². The molecule has 0 aliphatic rings. The number of halogens is 1. The fourth-order valence-corrected chi connectivity index (χ4v) is 3.07. The summed E-state index contributed by atoms with van der Waals surface area (Å²) in [7, 11) is -2.47. The molecule has 2 amide bonds. The number of nitrogens with one attached hydrogen (secondary N) is 3. The minimum absolute atomic E-state index is 0.0632. The number of hydrogen-bond donors (Lipinski definition) is 3. The Morgan fingerprint density at radius 3 is 2.62 bits per heavy atom. The van der Waals surface area contributed by atoms with Crippen LogP contribution in [0, 0.1) is 0 Å². The summed E-state index contributed by atoms with van der Waals surface area (Å²) in [5.74, 6) is -0.677. The largest absolute Gasteiger partial charge is 0.455 e. The topological polar surface area (TPSA) is 118 Å². The second-order valence-electron chi connectivity index (χ2n) is 5.14. The second kappa shape index (κ2) is 8.59. The Hall–Kier alpha value is -2.72. The van der Waals surface area contributed by atoms with Gasteiger partial charge >= 0.3 is 0 Å². The smallest absolute Gasteiger partial charge is 0.286 e. The normalized spacial score (nSPS) is 11.2. The van der Waals surface area contributed by atoms with Gasteiger partial charge in [-0.25, -0.2) is 17.5 Å². The predicted molar refractivity (Wildman–Crippen MR) is 90.9 cm³/mol. The lowest BCUT2D eigenvalue weighted by atomic mass is 10.2. The number of alkyl halides is 1. The van der Waals surface area contributed by atoms with E-state index in [1.165, 1.54) is 43.4 Å². The Bertz CT molecular complexity index is 895. The molecule has 2 aromatic rings. The van der Waals surface area contributed by atoms with Gasteiger partial charge < -0.3 is 15.1 Å². The summed E-state index contributed by atoms with van der Waals surface area (Å²) in [6, 6.07) is 8.26. The molecule has 1 aromatic carbocycles. The maximum absolute atomic E-state index is 12.4. The van der Waals surface area contributed by atoms with Gasteiger partial charge in [0.2, 0.25) is 10.0 Å². The SMILES string of the molecule is CNC(=O)c1ccc(CNS(=O)(=O)c2cccc(C(=O)NCCF)c2)o1. The van der Waals surface area contributed by atoms with Crippen molar-refractivity contribution >= 4 is 21.8 Å². The van der Waals surface area contributed by atoms with Crippen molar-refractivity contribution in [3.05, 3.63) is 53.5 Å². The van der Waals surface area contributed by atoms with E-state index in [4.69, 9.17) is 4.42 Å². The number of benzene rings is 1. The maximum atomic E-state index is 12.4. The van der Waals surface area contributed by atoms with Gasteiger partial charge in [-0.1, -0.05) is 6.07 Å². The van der Waals surface area contributed by atoms with Crippen molar-refractivity contribution in [3.8, 4) is 0 Å². The average molecular weight is 383 g/mol. The van der Waals surface area contributed by atoms with Crippen LogP contribution in [-0.4, -0.2) is 40.5 Å². The van der Waals surface area contributed by atoms with Gasteiger partial charge in [-0.05, 0) is 30.3 Å². The number of sulfonamides is 1. The zero-order chi connectivity index (χ0) is 19.2. The van der Waals surface area contributed by atoms with Gasteiger partial charge in [-0.15, -0.1) is 0 Å². The zero-order valence-corrected chi connectivity index (χ0v) is 14.7. The number of rotatable bonds is 8. The van der Waals surface area contributed by atoms with Crippen LogP contribution in [0.5, 0.6) is 0 Å². The van der Waals surface area contributed by atoms with Crippen LogP contribution in [0.15, 0.2) is 45.7 Å². The quantitative estimate of drug-likeness (QED) is 0.624. The minimum Gasteiger partial charge on any atom is -0.455 e. The van der Waals surface area contributed by atoms with E-state index in [2.05, 4.69) is 15.4 Å². The number of carbonyl (C=O) groups excluding carboxylic acids is 2. The van der Waals surface area contributed by atoms with E-state index in [-0.39, 0.29) is 35.1 Å². The van der Waals surface area contributed by atoms with Gasteiger partial charge in [0, 0.05) is 19.2 Å². The van der Waals surface area contributed by atoms with Crippen molar-refractivity contribution in [2.45, 2.75) is 11.4 Å². The Morgan fingerprint density at radius 1 is 1.15 bits per heavy atom. The summed E-state index contributed by atoms with van der Waals surface area (Å²) in [5.41, 5.74) is 0.0984. The number of hydrogen-bond acceptors (Lipinski definition) is 5. The van der Waals surface area contributed by atoms with E-state index in [1.54, 1.807) is 0 Å². The fourth-order valence-electron chi connectivity index (χ4n) is 2.03. The third kappa shape index (κ3) is 4.90. The molecule has 0 radical (unpaired) electrons. The molecule has 3 N–H and O–H groups in total. The summed E-state index contributed by atoms with van der Waals surface area (Å²) in [5, 5.41) is 4.71. The Kier molecular flexibility index (Phi) is 6.47. The molecule has 0 bridgehead atoms. The number of carbonyl (C=O) groups is 2. The summed E-state index contributed by atoms with van der Waals surface area (Å²) in [4.78, 5) is 23.1. The highest BCUT2D eigenvalue weighted by Crippen LogP contribution is 2.13. The summed E-state index contributed by atoms with van der Waals surface area (Å²) < 4.78 is 44.4. The summed E-state index contributed by atoms with van der Waals surface area (Å²) in [6.45, 7) is -1.04. The lowest BCUT2D eigenvalue weighted by molar-refractivity contribution is 0.0931. The standard InChI is InChI=1S/C16H18FN3O5S/c1-18-16(22)14-6-5-12(25-14)10-20-26(23,24)13-4-2-3-11(9-13)15(21)19-8-7-17/h2-6,9,20H,7-8,10H2,1H3,(H,18,22)(H,19,21). The Labute approximate surface area is 149 Å². The van der Waals surface area contributed by atoms with Crippen LogP contribution in [0.1, 0.15) is 26.7 Å². The van der Waals surface area contributed by atoms with Gasteiger partial charge in [0.25, 0.3) is 11.8 Å². The molecule has 140 valence electrons. The van der Waals surface area contributed by atoms with Gasteiger partial charge in [0.1, 0.15) is 12.4 Å². The molecule has 0 aliphatic heterocycles. The van der Waals surface area contributed by atoms with Gasteiger partial charge in [-0.3, -0.25) is 9.59 Å². The monoisotopic (exact) mass is 383 g/mol. The van der Waals surface area contributed by atoms with Crippen LogP contribution in [0.3, 0.4) is 0 Å². The van der Waals surface area contributed by atoms with E-state index in [0.717, 1.165) is 0 Å². The lowest BCUT2D eigenvalue weighted by Crippen LogP contribution is -2.26. The first-order valence-electron chi connectivity index (χ1n) is 7.62. The maximum Gasteiger partial charge on any atom is 0.286 e. The van der Waals surface area contributed by atoms with E-state index < -0.39 is 28.5 Å². The molecule has 0 aliphatic carbocycles. The van der Waals surface area contributed by atoms with E-state index >= 15 is 0 Å². The fraction of sp³-hybridized carbons (Fsp3) is 0.250. The molecule has 1 aromatic heterocycles. The summed E-state index contributed by atoms with van der Waals surface area (Å²) in [6.07, 6.45) is 0. The second-order valence-corrected chi connectivity index (χ2v) is 6.91. The highest BCUT2D eigenvalue weighted by Gasteiger charge is 2.17. The third-order valence-corrected chi connectivity index (χ3v) is 4.73. The van der Waals surface area contributed by atoms with Crippen molar-refractivity contribution in [2.75, 3.05) is 20.3 Å². The predicted octanol–water partition coefficient (Wildman–Crippen LogP) is 0.817. The minimum atomic E-state index is -3.92. The molecule has 1 heterocycles. The average Bonchev–Trinajstić information content (AvgIpc) is 3.13. The van der Waals surface area contributed by atoms with E-state index in [0.29, 0.717) is 0 Å². The Balaban J connectivity index is 2.09. The van der Waals surface area contributed by atoms with Crippen LogP contribution < -0.4 is 15.4 Å². The van der Waals surface area contributed by atoms with Gasteiger partial charge in [0.15, 0.2) is 5.76 Å². The van der Waals surface area contributed by atoms with Crippen LogP contribution >= 0.6 is 0 Å². The molecule has 0 saturated heterocycles. The molecule has 0 unspecified atom stereocenters. The molecule has 0 atom stereocenters. The first kappa shape index (κ1) is 19.6. The lowest BCUT2D eigenvalue weighted by Gasteiger charge is -2.08. The van der Waals surface area contributed by atoms with Crippen molar-refractivity contribution in [1.29, 1.82) is 0 Å². The molecule has 0 spiro atoms. The molecule has 26 heavy (non-hydrogen) atoms. The molecule has 8 nitrogen and oxygen atoms in total. The van der Waals surface area contributed by atoms with Crippen molar-refractivity contribution < 1.29 is 26.8 Å². The molecular weight excluding hydrogens is 365 g/mol. The third-order valence-electron chi connectivity index (χ3n) is 3.34. The molecule has 0 saturated carbocycles. The van der Waals surface area contributed by atoms with E-state index in [9.17, 15) is 22.4 Å². The molecule has 2 rings (SSSR count).